The number of hydrogen-bond donors (Lipinski definition) is 3. The van der Waals surface area contributed by atoms with Gasteiger partial charge in [-0.1, -0.05) is 12.8 Å². The molecule has 0 radical (unpaired) electrons. The molecule has 4 nitrogen and oxygen atoms in total. The SMILES string of the molecule is CC(C)Nc1cc(F)ccc1NC(=O)CCCCCCN.Cl.Cl. The summed E-state index contributed by atoms with van der Waals surface area (Å²) < 4.78 is 13.3. The van der Waals surface area contributed by atoms with Crippen molar-refractivity contribution in [1.82, 2.24) is 0 Å². The molecule has 1 aromatic carbocycles. The minimum atomic E-state index is -0.321. The highest BCUT2D eigenvalue weighted by Crippen LogP contribution is 2.24. The second-order valence-electron chi connectivity index (χ2n) is 5.49. The third kappa shape index (κ3) is 10.4. The lowest BCUT2D eigenvalue weighted by Gasteiger charge is -2.15. The van der Waals surface area contributed by atoms with Gasteiger partial charge in [-0.25, -0.2) is 4.39 Å². The van der Waals surface area contributed by atoms with E-state index in [1.807, 2.05) is 13.8 Å². The summed E-state index contributed by atoms with van der Waals surface area (Å²) in [6, 6.07) is 4.50. The summed E-state index contributed by atoms with van der Waals surface area (Å²) in [5.41, 5.74) is 6.66. The van der Waals surface area contributed by atoms with Gasteiger partial charge in [-0.3, -0.25) is 4.79 Å². The first-order valence-corrected chi connectivity index (χ1v) is 7.59. The Bertz CT molecular complexity index is 459. The van der Waals surface area contributed by atoms with E-state index in [1.165, 1.54) is 12.1 Å². The second-order valence-corrected chi connectivity index (χ2v) is 5.49. The maximum absolute atomic E-state index is 13.3. The van der Waals surface area contributed by atoms with Gasteiger partial charge in [0, 0.05) is 12.5 Å². The van der Waals surface area contributed by atoms with Crippen molar-refractivity contribution in [1.29, 1.82) is 0 Å². The number of unbranched alkanes of at least 4 members (excludes halogenated alkanes) is 3. The van der Waals surface area contributed by atoms with E-state index in [0.29, 0.717) is 24.3 Å². The quantitative estimate of drug-likeness (QED) is 0.568. The summed E-state index contributed by atoms with van der Waals surface area (Å²) in [6.07, 6.45) is 4.39. The van der Waals surface area contributed by atoms with Crippen LogP contribution in [0.3, 0.4) is 0 Å². The van der Waals surface area contributed by atoms with Gasteiger partial charge >= 0.3 is 0 Å². The van der Waals surface area contributed by atoms with Crippen LogP contribution in [-0.4, -0.2) is 18.5 Å². The maximum atomic E-state index is 13.3. The Hall–Kier alpha value is -1.04. The summed E-state index contributed by atoms with van der Waals surface area (Å²) in [6.45, 7) is 4.63. The highest BCUT2D eigenvalue weighted by Gasteiger charge is 2.09. The molecule has 0 fully saturated rings. The summed E-state index contributed by atoms with van der Waals surface area (Å²) in [7, 11) is 0. The lowest BCUT2D eigenvalue weighted by molar-refractivity contribution is -0.116. The molecule has 0 heterocycles. The fraction of sp³-hybridized carbons (Fsp3) is 0.562. The lowest BCUT2D eigenvalue weighted by Crippen LogP contribution is -2.16. The number of nitrogens with one attached hydrogen (secondary N) is 2. The first-order valence-electron chi connectivity index (χ1n) is 7.59. The van der Waals surface area contributed by atoms with Crippen molar-refractivity contribution in [2.24, 2.45) is 5.73 Å². The van der Waals surface area contributed by atoms with Crippen molar-refractivity contribution >= 4 is 42.1 Å². The molecule has 0 saturated heterocycles. The van der Waals surface area contributed by atoms with Crippen LogP contribution in [0.1, 0.15) is 46.0 Å². The average Bonchev–Trinajstić information content (AvgIpc) is 2.41. The number of benzene rings is 1. The van der Waals surface area contributed by atoms with Gasteiger partial charge in [0.25, 0.3) is 0 Å². The molecule has 0 bridgehead atoms. The third-order valence-corrected chi connectivity index (χ3v) is 3.06. The van der Waals surface area contributed by atoms with Gasteiger partial charge in [0.05, 0.1) is 11.4 Å². The topological polar surface area (TPSA) is 67.1 Å². The molecule has 0 atom stereocenters. The van der Waals surface area contributed by atoms with E-state index >= 15 is 0 Å². The Morgan fingerprint density at radius 1 is 1.13 bits per heavy atom. The van der Waals surface area contributed by atoms with E-state index in [-0.39, 0.29) is 42.6 Å². The maximum Gasteiger partial charge on any atom is 0.224 e. The fourth-order valence-electron chi connectivity index (χ4n) is 2.05. The number of carbonyl (C=O) groups is 1. The van der Waals surface area contributed by atoms with Crippen molar-refractivity contribution in [2.45, 2.75) is 52.0 Å². The van der Waals surface area contributed by atoms with Crippen LogP contribution in [0.25, 0.3) is 0 Å². The largest absolute Gasteiger partial charge is 0.381 e. The Kier molecular flexibility index (Phi) is 14.1. The molecule has 0 aliphatic heterocycles. The van der Waals surface area contributed by atoms with Gasteiger partial charge in [-0.05, 0) is 51.4 Å². The molecular weight excluding hydrogens is 340 g/mol. The predicted molar refractivity (Wildman–Crippen MR) is 100 cm³/mol. The van der Waals surface area contributed by atoms with Gasteiger partial charge in [-0.2, -0.15) is 0 Å². The Morgan fingerprint density at radius 2 is 1.78 bits per heavy atom. The smallest absolute Gasteiger partial charge is 0.224 e. The summed E-state index contributed by atoms with van der Waals surface area (Å²) in [4.78, 5) is 11.9. The zero-order valence-corrected chi connectivity index (χ0v) is 15.4. The van der Waals surface area contributed by atoms with E-state index in [0.717, 1.165) is 25.7 Å². The second kappa shape index (κ2) is 13.4. The monoisotopic (exact) mass is 367 g/mol. The molecule has 0 saturated carbocycles. The number of rotatable bonds is 9. The molecule has 1 rings (SSSR count). The van der Waals surface area contributed by atoms with E-state index < -0.39 is 0 Å². The molecule has 1 amide bonds. The van der Waals surface area contributed by atoms with Crippen LogP contribution < -0.4 is 16.4 Å². The Balaban J connectivity index is 0. The molecule has 0 aliphatic rings. The molecule has 7 heteroatoms. The molecular formula is C16H28Cl2FN3O. The van der Waals surface area contributed by atoms with Gasteiger partial charge in [0.2, 0.25) is 5.91 Å². The van der Waals surface area contributed by atoms with Crippen LogP contribution in [0.15, 0.2) is 18.2 Å². The molecule has 1 aromatic rings. The number of halogens is 3. The Morgan fingerprint density at radius 3 is 2.39 bits per heavy atom. The van der Waals surface area contributed by atoms with Crippen molar-refractivity contribution < 1.29 is 9.18 Å². The van der Waals surface area contributed by atoms with Crippen LogP contribution in [0, 0.1) is 5.82 Å². The van der Waals surface area contributed by atoms with Crippen LogP contribution in [0.2, 0.25) is 0 Å². The molecule has 0 aliphatic carbocycles. The fourth-order valence-corrected chi connectivity index (χ4v) is 2.05. The highest BCUT2D eigenvalue weighted by atomic mass is 35.5. The lowest BCUT2D eigenvalue weighted by atomic mass is 10.1. The number of nitrogens with two attached hydrogens (primary N) is 1. The van der Waals surface area contributed by atoms with Crippen molar-refractivity contribution in [2.75, 3.05) is 17.2 Å². The zero-order chi connectivity index (χ0) is 15.7. The number of carbonyl (C=O) groups excluding carboxylic acids is 1. The predicted octanol–water partition coefficient (Wildman–Crippen LogP) is 4.34. The number of hydrogen-bond acceptors (Lipinski definition) is 3. The van der Waals surface area contributed by atoms with E-state index in [1.54, 1.807) is 6.07 Å². The van der Waals surface area contributed by atoms with Crippen molar-refractivity contribution in [3.63, 3.8) is 0 Å². The minimum absolute atomic E-state index is 0. The Labute approximate surface area is 150 Å². The first-order chi connectivity index (χ1) is 10.0. The highest BCUT2D eigenvalue weighted by molar-refractivity contribution is 5.94. The molecule has 23 heavy (non-hydrogen) atoms. The van der Waals surface area contributed by atoms with Crippen molar-refractivity contribution in [3.05, 3.63) is 24.0 Å². The van der Waals surface area contributed by atoms with Gasteiger partial charge in [0.15, 0.2) is 0 Å². The van der Waals surface area contributed by atoms with Crippen molar-refractivity contribution in [3.8, 4) is 0 Å². The van der Waals surface area contributed by atoms with Crippen LogP contribution in [0.4, 0.5) is 15.8 Å². The number of anilines is 2. The number of amides is 1. The molecule has 4 N–H and O–H groups in total. The molecule has 0 aromatic heterocycles. The normalized spacial score (nSPS) is 9.78. The van der Waals surface area contributed by atoms with Gasteiger partial charge < -0.3 is 16.4 Å². The molecule has 134 valence electrons. The van der Waals surface area contributed by atoms with E-state index in [4.69, 9.17) is 5.73 Å². The molecule has 0 spiro atoms. The van der Waals surface area contributed by atoms with Gasteiger partial charge in [-0.15, -0.1) is 24.8 Å². The van der Waals surface area contributed by atoms with E-state index in [9.17, 15) is 9.18 Å². The third-order valence-electron chi connectivity index (χ3n) is 3.06. The molecule has 0 unspecified atom stereocenters. The summed E-state index contributed by atoms with van der Waals surface area (Å²) >= 11 is 0. The minimum Gasteiger partial charge on any atom is -0.381 e. The van der Waals surface area contributed by atoms with Crippen LogP contribution >= 0.6 is 24.8 Å². The van der Waals surface area contributed by atoms with Gasteiger partial charge in [0.1, 0.15) is 5.82 Å². The zero-order valence-electron chi connectivity index (χ0n) is 13.7. The summed E-state index contributed by atoms with van der Waals surface area (Å²) in [5, 5.41) is 5.98. The van der Waals surface area contributed by atoms with Crippen LogP contribution in [-0.2, 0) is 4.79 Å². The standard InChI is InChI=1S/C16H26FN3O.2ClH/c1-12(2)19-15-11-13(17)8-9-14(15)20-16(21)7-5-3-4-6-10-18;;/h8-9,11-12,19H,3-7,10,18H2,1-2H3,(H,20,21);2*1H. The summed E-state index contributed by atoms with van der Waals surface area (Å²) in [5.74, 6) is -0.362. The van der Waals surface area contributed by atoms with Crippen LogP contribution in [0.5, 0.6) is 0 Å². The first kappa shape index (κ1) is 24.2. The average molecular weight is 368 g/mol. The van der Waals surface area contributed by atoms with E-state index in [2.05, 4.69) is 10.6 Å².